The van der Waals surface area contributed by atoms with E-state index >= 15 is 4.79 Å². The molecule has 2 fully saturated rings. The van der Waals surface area contributed by atoms with E-state index in [1.54, 1.807) is 12.0 Å². The second-order valence-electron chi connectivity index (χ2n) is 15.4. The second kappa shape index (κ2) is 14.3. The van der Waals surface area contributed by atoms with Gasteiger partial charge in [0.15, 0.2) is 5.60 Å². The van der Waals surface area contributed by atoms with Gasteiger partial charge in [0, 0.05) is 42.9 Å². The smallest absolute Gasteiger partial charge is 0.264 e. The van der Waals surface area contributed by atoms with Gasteiger partial charge in [-0.3, -0.25) is 14.3 Å². The molecule has 2 saturated heterocycles. The Morgan fingerprint density at radius 1 is 0.981 bits per heavy atom. The van der Waals surface area contributed by atoms with E-state index < -0.39 is 13.7 Å². The largest absolute Gasteiger partial charge is 0.497 e. The molecular weight excluding hydrogens is 695 g/mol. The zero-order valence-electron chi connectivity index (χ0n) is 31.3. The van der Waals surface area contributed by atoms with Gasteiger partial charge in [-0.2, -0.15) is 0 Å². The third kappa shape index (κ3) is 6.04. The molecule has 1 aromatic heterocycles. The molecule has 4 aromatic carbocycles. The summed E-state index contributed by atoms with van der Waals surface area (Å²) >= 11 is 0. The summed E-state index contributed by atoms with van der Waals surface area (Å²) < 4.78 is 14.7. The Morgan fingerprint density at radius 3 is 2.44 bits per heavy atom. The van der Waals surface area contributed by atoms with Gasteiger partial charge >= 0.3 is 0 Å². The molecule has 0 aliphatic carbocycles. The Morgan fingerprint density at radius 2 is 1.74 bits per heavy atom. The van der Waals surface area contributed by atoms with E-state index in [-0.39, 0.29) is 41.9 Å². The molecule has 0 bridgehead atoms. The minimum Gasteiger partial charge on any atom is -0.497 e. The number of rotatable bonds is 12. The molecule has 3 aliphatic rings. The van der Waals surface area contributed by atoms with E-state index in [4.69, 9.17) is 9.47 Å². The predicted octanol–water partition coefficient (Wildman–Crippen LogP) is 6.00. The van der Waals surface area contributed by atoms with Gasteiger partial charge in [0.05, 0.1) is 51.7 Å². The van der Waals surface area contributed by atoms with Crippen LogP contribution in [0.3, 0.4) is 0 Å². The fourth-order valence-electron chi connectivity index (χ4n) is 9.18. The van der Waals surface area contributed by atoms with Crippen LogP contribution >= 0.6 is 0 Å². The second-order valence-corrected chi connectivity index (χ2v) is 20.1. The molecule has 2 amide bonds. The van der Waals surface area contributed by atoms with Crippen molar-refractivity contribution in [2.45, 2.75) is 69.1 Å². The number of para-hydroxylation sites is 1. The first-order chi connectivity index (χ1) is 26.1. The normalized spacial score (nSPS) is 22.8. The number of anilines is 2. The average molecular weight is 742 g/mol. The highest BCUT2D eigenvalue weighted by Crippen LogP contribution is 2.60. The Bertz CT molecular complexity index is 2160. The molecule has 1 N–H and O–H groups in total. The molecule has 0 saturated carbocycles. The topological polar surface area (TPSA) is 110 Å². The van der Waals surface area contributed by atoms with E-state index in [1.807, 2.05) is 101 Å². The van der Waals surface area contributed by atoms with Gasteiger partial charge in [-0.1, -0.05) is 103 Å². The summed E-state index contributed by atoms with van der Waals surface area (Å²) in [5.74, 6) is 0.465. The lowest BCUT2D eigenvalue weighted by molar-refractivity contribution is -0.146. The van der Waals surface area contributed by atoms with Crippen molar-refractivity contribution in [2.24, 2.45) is 5.92 Å². The minimum absolute atomic E-state index is 0.0506. The van der Waals surface area contributed by atoms with Crippen LogP contribution in [0.15, 0.2) is 109 Å². The fourth-order valence-corrected chi connectivity index (χ4v) is 13.2. The van der Waals surface area contributed by atoms with Gasteiger partial charge in [0.2, 0.25) is 5.91 Å². The molecule has 1 unspecified atom stereocenters. The number of aryl methyl sites for hydroxylation is 1. The number of hydrogen-bond acceptors (Lipinski definition) is 7. The number of aliphatic hydroxyl groups excluding tert-OH is 1. The van der Waals surface area contributed by atoms with Crippen molar-refractivity contribution >= 4 is 36.4 Å². The summed E-state index contributed by atoms with van der Waals surface area (Å²) in [4.78, 5) is 31.1. The highest BCUT2D eigenvalue weighted by atomic mass is 28.3. The van der Waals surface area contributed by atoms with Gasteiger partial charge in [-0.15, -0.1) is 5.10 Å². The number of aromatic nitrogens is 3. The third-order valence-electron chi connectivity index (χ3n) is 12.1. The first-order valence-corrected chi connectivity index (χ1v) is 21.9. The number of β-lactam (4-membered cyclic amide) rings is 1. The van der Waals surface area contributed by atoms with Crippen molar-refractivity contribution in [3.63, 3.8) is 0 Å². The van der Waals surface area contributed by atoms with Crippen LogP contribution in [0.25, 0.3) is 0 Å². The first-order valence-electron chi connectivity index (χ1n) is 18.8. The Labute approximate surface area is 317 Å². The molecule has 8 rings (SSSR count). The molecule has 1 spiro atoms. The number of hydrogen-bond donors (Lipinski definition) is 1. The van der Waals surface area contributed by atoms with Crippen molar-refractivity contribution in [3.05, 3.63) is 132 Å². The molecule has 5 atom stereocenters. The lowest BCUT2D eigenvalue weighted by Crippen LogP contribution is -2.51. The monoisotopic (exact) mass is 741 g/mol. The molecule has 10 nitrogen and oxygen atoms in total. The number of amides is 2. The van der Waals surface area contributed by atoms with Gasteiger partial charge in [-0.05, 0) is 53.4 Å². The fraction of sp³-hybridized carbons (Fsp3) is 0.349. The lowest BCUT2D eigenvalue weighted by atomic mass is 9.82. The van der Waals surface area contributed by atoms with Gasteiger partial charge in [-0.25, -0.2) is 0 Å². The number of ether oxygens (including phenoxy) is 2. The zero-order chi connectivity index (χ0) is 37.6. The zero-order valence-corrected chi connectivity index (χ0v) is 32.3. The van der Waals surface area contributed by atoms with Crippen LogP contribution in [0.5, 0.6) is 5.75 Å². The summed E-state index contributed by atoms with van der Waals surface area (Å²) in [6.45, 7) is 8.52. The van der Waals surface area contributed by atoms with Gasteiger partial charge in [0.1, 0.15) is 5.75 Å². The van der Waals surface area contributed by atoms with E-state index in [2.05, 4.69) is 48.5 Å². The Balaban J connectivity index is 1.13. The maximum absolute atomic E-state index is 15.2. The number of carbonyl (C=O) groups excluding carboxylic acids is 2. The highest BCUT2D eigenvalue weighted by molar-refractivity contribution is 6.91. The number of fused-ring (bicyclic) bond motifs is 2. The molecule has 3 aliphatic heterocycles. The molecule has 0 radical (unpaired) electrons. The van der Waals surface area contributed by atoms with Crippen molar-refractivity contribution in [2.75, 3.05) is 30.1 Å². The first kappa shape index (κ1) is 35.9. The quantitative estimate of drug-likeness (QED) is 0.123. The minimum atomic E-state index is -2.34. The summed E-state index contributed by atoms with van der Waals surface area (Å²) in [5.41, 5.74) is 4.18. The van der Waals surface area contributed by atoms with Gasteiger partial charge < -0.3 is 24.4 Å². The number of benzene rings is 4. The SMILES string of the molecule is COc1ccc([Si](C)(C)[C@H]2[C@H](CCn3cc(C(CO)c4ccccc4)nn3)O[C@@]3(C(=O)N(Cc4cccc(N5CCC5=O)c4)c4ccccc43)[C@@H]2C)cc1. The number of aliphatic hydroxyl groups is 1. The number of nitrogens with zero attached hydrogens (tertiary/aromatic N) is 5. The Kier molecular flexibility index (Phi) is 9.49. The Hall–Kier alpha value is -5.10. The van der Waals surface area contributed by atoms with Crippen molar-refractivity contribution in [3.8, 4) is 5.75 Å². The standard InChI is InChI=1S/C43H47N5O5Si/c1-29-41(54(3,4)34-19-17-33(52-2)18-20-34)39(21-23-46-27-37(44-45-46)35(28-49)31-12-6-5-7-13-31)53-43(29)36-15-8-9-16-38(36)48(42(43)51)26-30-11-10-14-32(25-30)47-24-22-40(47)50/h5-20,25,27,29,35,39,41,49H,21-24,26,28H2,1-4H3/t29-,35?,39+,41-,43+/m1/s1. The maximum Gasteiger partial charge on any atom is 0.264 e. The average Bonchev–Trinajstić information content (AvgIpc) is 3.84. The van der Waals surface area contributed by atoms with Gasteiger partial charge in [0.25, 0.3) is 5.91 Å². The third-order valence-corrected chi connectivity index (χ3v) is 16.5. The molecule has 5 aromatic rings. The molecule has 4 heterocycles. The van der Waals surface area contributed by atoms with Crippen LogP contribution in [0.1, 0.15) is 48.1 Å². The summed E-state index contributed by atoms with van der Waals surface area (Å²) in [6.07, 6.45) is 2.86. The van der Waals surface area contributed by atoms with E-state index in [1.165, 1.54) is 5.19 Å². The predicted molar refractivity (Wildman–Crippen MR) is 211 cm³/mol. The van der Waals surface area contributed by atoms with Crippen LogP contribution in [0.4, 0.5) is 11.4 Å². The van der Waals surface area contributed by atoms with E-state index in [0.29, 0.717) is 38.2 Å². The number of carbonyl (C=O) groups is 2. The summed E-state index contributed by atoms with van der Waals surface area (Å²) in [6, 6.07) is 34.3. The lowest BCUT2D eigenvalue weighted by Gasteiger charge is -2.37. The number of methoxy groups -OCH3 is 1. The van der Waals surface area contributed by atoms with Crippen molar-refractivity contribution in [1.29, 1.82) is 0 Å². The van der Waals surface area contributed by atoms with Crippen LogP contribution in [0.2, 0.25) is 18.6 Å². The van der Waals surface area contributed by atoms with Crippen molar-refractivity contribution < 1.29 is 24.2 Å². The maximum atomic E-state index is 15.2. The van der Waals surface area contributed by atoms with Crippen LogP contribution in [0, 0.1) is 5.92 Å². The summed E-state index contributed by atoms with van der Waals surface area (Å²) in [5, 5.41) is 20.5. The molecular formula is C43H47N5O5Si. The molecule has 278 valence electrons. The van der Waals surface area contributed by atoms with Crippen LogP contribution in [-0.4, -0.2) is 66.4 Å². The van der Waals surface area contributed by atoms with E-state index in [0.717, 1.165) is 33.8 Å². The molecule has 11 heteroatoms. The highest BCUT2D eigenvalue weighted by Gasteiger charge is 2.66. The van der Waals surface area contributed by atoms with E-state index in [9.17, 15) is 9.90 Å². The van der Waals surface area contributed by atoms with Crippen LogP contribution < -0.4 is 19.7 Å². The molecule has 54 heavy (non-hydrogen) atoms. The van der Waals surface area contributed by atoms with Crippen LogP contribution in [-0.2, 0) is 33.0 Å². The summed E-state index contributed by atoms with van der Waals surface area (Å²) in [7, 11) is -0.662. The van der Waals surface area contributed by atoms with Crippen molar-refractivity contribution in [1.82, 2.24) is 15.0 Å².